The molecule has 1 N–H and O–H groups in total. The van der Waals surface area contributed by atoms with Gasteiger partial charge in [0.25, 0.3) is 0 Å². The molecule has 24 heavy (non-hydrogen) atoms. The molecule has 0 radical (unpaired) electrons. The zero-order chi connectivity index (χ0) is 17.7. The van der Waals surface area contributed by atoms with Crippen LogP contribution in [-0.2, 0) is 16.0 Å². The van der Waals surface area contributed by atoms with Crippen molar-refractivity contribution < 1.29 is 9.59 Å². The Morgan fingerprint density at radius 2 is 1.71 bits per heavy atom. The molecule has 132 valence electrons. The summed E-state index contributed by atoms with van der Waals surface area (Å²) in [7, 11) is 0. The predicted molar refractivity (Wildman–Crippen MR) is 96.7 cm³/mol. The van der Waals surface area contributed by atoms with Crippen LogP contribution in [0.3, 0.4) is 0 Å². The summed E-state index contributed by atoms with van der Waals surface area (Å²) in [4.78, 5) is 26.3. The lowest BCUT2D eigenvalue weighted by Crippen LogP contribution is -2.49. The molecule has 0 aliphatic carbocycles. The van der Waals surface area contributed by atoms with Gasteiger partial charge in [0.1, 0.15) is 0 Å². The number of piperidine rings is 1. The summed E-state index contributed by atoms with van der Waals surface area (Å²) >= 11 is 0. The van der Waals surface area contributed by atoms with E-state index in [0.717, 1.165) is 32.4 Å². The van der Waals surface area contributed by atoms with Crippen LogP contribution in [0.5, 0.6) is 0 Å². The molecule has 0 saturated carbocycles. The van der Waals surface area contributed by atoms with Gasteiger partial charge in [0.2, 0.25) is 11.8 Å². The highest BCUT2D eigenvalue weighted by Crippen LogP contribution is 2.21. The second-order valence-electron chi connectivity index (χ2n) is 7.87. The van der Waals surface area contributed by atoms with Crippen molar-refractivity contribution in [3.8, 4) is 0 Å². The van der Waals surface area contributed by atoms with Gasteiger partial charge in [0.15, 0.2) is 0 Å². The van der Waals surface area contributed by atoms with Crippen molar-refractivity contribution >= 4 is 11.8 Å². The molecule has 0 spiro atoms. The fourth-order valence-corrected chi connectivity index (χ4v) is 3.01. The number of hydrogen-bond donors (Lipinski definition) is 1. The van der Waals surface area contributed by atoms with Gasteiger partial charge in [0, 0.05) is 31.0 Å². The van der Waals surface area contributed by atoms with Gasteiger partial charge in [-0.3, -0.25) is 9.59 Å². The van der Waals surface area contributed by atoms with Gasteiger partial charge >= 0.3 is 0 Å². The first-order valence-corrected chi connectivity index (χ1v) is 8.90. The van der Waals surface area contributed by atoms with E-state index in [1.54, 1.807) is 0 Å². The van der Waals surface area contributed by atoms with E-state index in [2.05, 4.69) is 36.5 Å². The molecule has 1 saturated heterocycles. The first kappa shape index (κ1) is 18.5. The van der Waals surface area contributed by atoms with Crippen molar-refractivity contribution in [2.45, 2.75) is 59.4 Å². The van der Waals surface area contributed by atoms with Gasteiger partial charge in [-0.15, -0.1) is 0 Å². The second kappa shape index (κ2) is 7.82. The zero-order valence-electron chi connectivity index (χ0n) is 15.4. The Morgan fingerprint density at radius 1 is 1.12 bits per heavy atom. The molecule has 0 aromatic heterocycles. The fourth-order valence-electron chi connectivity index (χ4n) is 3.01. The summed E-state index contributed by atoms with van der Waals surface area (Å²) < 4.78 is 0. The summed E-state index contributed by atoms with van der Waals surface area (Å²) in [6.07, 6.45) is 2.98. The lowest BCUT2D eigenvalue weighted by atomic mass is 9.93. The number of hydrogen-bond acceptors (Lipinski definition) is 2. The van der Waals surface area contributed by atoms with Crippen molar-refractivity contribution in [2.75, 3.05) is 13.1 Å². The molecule has 4 heteroatoms. The van der Waals surface area contributed by atoms with Crippen molar-refractivity contribution in [1.29, 1.82) is 0 Å². The third kappa shape index (κ3) is 5.36. The van der Waals surface area contributed by atoms with Gasteiger partial charge in [-0.05, 0) is 31.7 Å². The third-order valence-electron chi connectivity index (χ3n) is 4.55. The van der Waals surface area contributed by atoms with Crippen LogP contribution in [0.2, 0.25) is 0 Å². The number of nitrogens with one attached hydrogen (secondary N) is 1. The number of aryl methyl sites for hydroxylation is 2. The van der Waals surface area contributed by atoms with Gasteiger partial charge in [-0.1, -0.05) is 50.6 Å². The molecule has 4 nitrogen and oxygen atoms in total. The normalized spacial score (nSPS) is 16.1. The number of benzene rings is 1. The lowest BCUT2D eigenvalue weighted by Gasteiger charge is -2.36. The summed E-state index contributed by atoms with van der Waals surface area (Å²) in [5, 5.41) is 3.12. The molecule has 0 unspecified atom stereocenters. The molecule has 1 aliphatic heterocycles. The Kier molecular flexibility index (Phi) is 6.03. The monoisotopic (exact) mass is 330 g/mol. The van der Waals surface area contributed by atoms with Crippen LogP contribution >= 0.6 is 0 Å². The third-order valence-corrected chi connectivity index (χ3v) is 4.55. The van der Waals surface area contributed by atoms with E-state index in [-0.39, 0.29) is 23.3 Å². The maximum Gasteiger partial charge on any atom is 0.227 e. The van der Waals surface area contributed by atoms with E-state index in [0.29, 0.717) is 6.42 Å². The SMILES string of the molecule is Cc1ccc(CCC(=O)NC2CCN(C(=O)C(C)(C)C)CC2)cc1. The largest absolute Gasteiger partial charge is 0.353 e. The standard InChI is InChI=1S/C20H30N2O2/c1-15-5-7-16(8-6-15)9-10-18(23)21-17-11-13-22(14-12-17)19(24)20(2,3)4/h5-8,17H,9-14H2,1-4H3,(H,21,23). The first-order valence-electron chi connectivity index (χ1n) is 8.90. The minimum atomic E-state index is -0.329. The van der Waals surface area contributed by atoms with E-state index in [4.69, 9.17) is 0 Å². The van der Waals surface area contributed by atoms with Gasteiger partial charge in [-0.25, -0.2) is 0 Å². The zero-order valence-corrected chi connectivity index (χ0v) is 15.4. The number of amides is 2. The predicted octanol–water partition coefficient (Wildman–Crippen LogP) is 3.08. The molecular formula is C20H30N2O2. The quantitative estimate of drug-likeness (QED) is 0.922. The molecular weight excluding hydrogens is 300 g/mol. The van der Waals surface area contributed by atoms with Crippen LogP contribution in [0.25, 0.3) is 0 Å². The van der Waals surface area contributed by atoms with Crippen LogP contribution in [0, 0.1) is 12.3 Å². The fraction of sp³-hybridized carbons (Fsp3) is 0.600. The first-order chi connectivity index (χ1) is 11.3. The van der Waals surface area contributed by atoms with Crippen LogP contribution in [0.1, 0.15) is 51.2 Å². The van der Waals surface area contributed by atoms with Gasteiger partial charge in [-0.2, -0.15) is 0 Å². The average Bonchev–Trinajstić information content (AvgIpc) is 2.53. The number of carbonyl (C=O) groups excluding carboxylic acids is 2. The van der Waals surface area contributed by atoms with Crippen LogP contribution < -0.4 is 5.32 Å². The Labute approximate surface area is 145 Å². The smallest absolute Gasteiger partial charge is 0.227 e. The van der Waals surface area contributed by atoms with Crippen LogP contribution in [-0.4, -0.2) is 35.8 Å². The molecule has 1 aromatic carbocycles. The highest BCUT2D eigenvalue weighted by molar-refractivity contribution is 5.81. The Bertz CT molecular complexity index is 564. The maximum atomic E-state index is 12.3. The molecule has 2 rings (SSSR count). The minimum absolute atomic E-state index is 0.108. The van der Waals surface area contributed by atoms with Gasteiger partial charge < -0.3 is 10.2 Å². The molecule has 1 aromatic rings. The highest BCUT2D eigenvalue weighted by atomic mass is 16.2. The number of rotatable bonds is 4. The summed E-state index contributed by atoms with van der Waals surface area (Å²) in [6, 6.07) is 8.52. The molecule has 0 bridgehead atoms. The molecule has 1 fully saturated rings. The van der Waals surface area contributed by atoms with Crippen molar-refractivity contribution in [1.82, 2.24) is 10.2 Å². The Balaban J connectivity index is 1.72. The maximum absolute atomic E-state index is 12.3. The van der Waals surface area contributed by atoms with E-state index in [9.17, 15) is 9.59 Å². The molecule has 1 heterocycles. The van der Waals surface area contributed by atoms with E-state index < -0.39 is 0 Å². The van der Waals surface area contributed by atoms with Crippen molar-refractivity contribution in [2.24, 2.45) is 5.41 Å². The Morgan fingerprint density at radius 3 is 2.25 bits per heavy atom. The van der Waals surface area contributed by atoms with Crippen LogP contribution in [0.4, 0.5) is 0 Å². The van der Waals surface area contributed by atoms with Crippen LogP contribution in [0.15, 0.2) is 24.3 Å². The summed E-state index contributed by atoms with van der Waals surface area (Å²) in [6.45, 7) is 9.39. The van der Waals surface area contributed by atoms with Gasteiger partial charge in [0.05, 0.1) is 0 Å². The van der Waals surface area contributed by atoms with E-state index in [1.807, 2.05) is 25.7 Å². The lowest BCUT2D eigenvalue weighted by molar-refractivity contribution is -0.140. The van der Waals surface area contributed by atoms with Crippen molar-refractivity contribution in [3.63, 3.8) is 0 Å². The summed E-state index contributed by atoms with van der Waals surface area (Å²) in [5.74, 6) is 0.308. The molecule has 2 amide bonds. The Hall–Kier alpha value is -1.84. The van der Waals surface area contributed by atoms with Crippen molar-refractivity contribution in [3.05, 3.63) is 35.4 Å². The average molecular weight is 330 g/mol. The topological polar surface area (TPSA) is 49.4 Å². The molecule has 1 aliphatic rings. The number of carbonyl (C=O) groups is 2. The molecule has 0 atom stereocenters. The number of likely N-dealkylation sites (tertiary alicyclic amines) is 1. The summed E-state index contributed by atoms with van der Waals surface area (Å²) in [5.41, 5.74) is 2.10. The number of nitrogens with zero attached hydrogens (tertiary/aromatic N) is 1. The minimum Gasteiger partial charge on any atom is -0.353 e. The highest BCUT2D eigenvalue weighted by Gasteiger charge is 2.30. The van der Waals surface area contributed by atoms with E-state index >= 15 is 0 Å². The second-order valence-corrected chi connectivity index (χ2v) is 7.87. The van der Waals surface area contributed by atoms with E-state index in [1.165, 1.54) is 11.1 Å².